The molecule has 1 aromatic rings. The number of nitrogens with one attached hydrogen (secondary N) is 1. The van der Waals surface area contributed by atoms with Crippen LogP contribution in [0, 0.1) is 0 Å². The molecule has 4 nitrogen and oxygen atoms in total. The summed E-state index contributed by atoms with van der Waals surface area (Å²) < 4.78 is 0. The molecule has 1 fully saturated rings. The Morgan fingerprint density at radius 3 is 2.82 bits per heavy atom. The number of hydrogen-bond acceptors (Lipinski definition) is 3. The monoisotopic (exact) mass is 236 g/mol. The molecule has 96 valence electrons. The maximum absolute atomic E-state index is 5.59. The van der Waals surface area contributed by atoms with Crippen LogP contribution in [0.15, 0.2) is 18.3 Å². The molecule has 1 aliphatic heterocycles. The molecule has 0 amide bonds. The van der Waals surface area contributed by atoms with Crippen molar-refractivity contribution >= 4 is 0 Å². The van der Waals surface area contributed by atoms with E-state index in [1.807, 2.05) is 6.20 Å². The van der Waals surface area contributed by atoms with Crippen molar-refractivity contribution in [2.75, 3.05) is 33.2 Å². The Labute approximate surface area is 104 Å². The number of piperidine rings is 1. The van der Waals surface area contributed by atoms with E-state index < -0.39 is 0 Å². The van der Waals surface area contributed by atoms with Crippen LogP contribution in [-0.4, -0.2) is 54.1 Å². The third kappa shape index (κ3) is 3.56. The molecule has 4 heteroatoms. The number of rotatable bonds is 5. The van der Waals surface area contributed by atoms with Gasteiger partial charge < -0.3 is 15.6 Å². The SMILES string of the molecule is CN(Cc1ccc[nH]1)C1CCN(CCN)CC1. The van der Waals surface area contributed by atoms with Gasteiger partial charge in [0.15, 0.2) is 0 Å². The molecule has 2 heterocycles. The fourth-order valence-electron chi connectivity index (χ4n) is 2.63. The Morgan fingerprint density at radius 2 is 2.24 bits per heavy atom. The fourth-order valence-corrected chi connectivity index (χ4v) is 2.63. The minimum Gasteiger partial charge on any atom is -0.364 e. The lowest BCUT2D eigenvalue weighted by Gasteiger charge is -2.36. The zero-order valence-corrected chi connectivity index (χ0v) is 10.7. The van der Waals surface area contributed by atoms with Gasteiger partial charge >= 0.3 is 0 Å². The molecule has 0 unspecified atom stereocenters. The lowest BCUT2D eigenvalue weighted by molar-refractivity contribution is 0.124. The van der Waals surface area contributed by atoms with E-state index >= 15 is 0 Å². The second-order valence-corrected chi connectivity index (χ2v) is 4.97. The molecular weight excluding hydrogens is 212 g/mol. The van der Waals surface area contributed by atoms with Gasteiger partial charge in [0, 0.05) is 37.6 Å². The van der Waals surface area contributed by atoms with Crippen molar-refractivity contribution in [3.63, 3.8) is 0 Å². The molecule has 17 heavy (non-hydrogen) atoms. The Balaban J connectivity index is 1.76. The standard InChI is InChI=1S/C13H24N4/c1-16(11-12-3-2-7-15-12)13-4-8-17(9-5-13)10-6-14/h2-3,7,13,15H,4-6,8-11,14H2,1H3. The molecule has 1 aromatic heterocycles. The van der Waals surface area contributed by atoms with Crippen LogP contribution in [0.1, 0.15) is 18.5 Å². The van der Waals surface area contributed by atoms with Gasteiger partial charge in [0.05, 0.1) is 0 Å². The van der Waals surface area contributed by atoms with Gasteiger partial charge in [0.1, 0.15) is 0 Å². The zero-order valence-electron chi connectivity index (χ0n) is 10.7. The maximum atomic E-state index is 5.59. The van der Waals surface area contributed by atoms with Crippen molar-refractivity contribution in [2.24, 2.45) is 5.73 Å². The lowest BCUT2D eigenvalue weighted by atomic mass is 10.0. The van der Waals surface area contributed by atoms with Gasteiger partial charge in [-0.05, 0) is 45.1 Å². The van der Waals surface area contributed by atoms with E-state index in [0.29, 0.717) is 6.04 Å². The largest absolute Gasteiger partial charge is 0.364 e. The predicted octanol–water partition coefficient (Wildman–Crippen LogP) is 0.870. The molecule has 1 aliphatic rings. The van der Waals surface area contributed by atoms with Gasteiger partial charge in [-0.2, -0.15) is 0 Å². The van der Waals surface area contributed by atoms with Crippen LogP contribution in [0.25, 0.3) is 0 Å². The summed E-state index contributed by atoms with van der Waals surface area (Å²) in [5.41, 5.74) is 6.89. The number of likely N-dealkylation sites (tertiary alicyclic amines) is 1. The number of hydrogen-bond donors (Lipinski definition) is 2. The molecule has 0 atom stereocenters. The van der Waals surface area contributed by atoms with Crippen LogP contribution in [0.2, 0.25) is 0 Å². The summed E-state index contributed by atoms with van der Waals surface area (Å²) in [6, 6.07) is 4.93. The fraction of sp³-hybridized carbons (Fsp3) is 0.692. The van der Waals surface area contributed by atoms with E-state index in [2.05, 4.69) is 34.0 Å². The minimum absolute atomic E-state index is 0.715. The minimum atomic E-state index is 0.715. The highest BCUT2D eigenvalue weighted by atomic mass is 15.2. The molecule has 2 rings (SSSR count). The summed E-state index contributed by atoms with van der Waals surface area (Å²) in [5, 5.41) is 0. The van der Waals surface area contributed by atoms with Crippen LogP contribution in [0.5, 0.6) is 0 Å². The summed E-state index contributed by atoms with van der Waals surface area (Å²) in [4.78, 5) is 8.20. The first-order chi connectivity index (χ1) is 8.29. The highest BCUT2D eigenvalue weighted by Crippen LogP contribution is 2.16. The number of nitrogens with two attached hydrogens (primary N) is 1. The van der Waals surface area contributed by atoms with Crippen LogP contribution in [0.4, 0.5) is 0 Å². The average molecular weight is 236 g/mol. The zero-order chi connectivity index (χ0) is 12.1. The summed E-state index contributed by atoms with van der Waals surface area (Å²) >= 11 is 0. The van der Waals surface area contributed by atoms with E-state index in [-0.39, 0.29) is 0 Å². The Hall–Kier alpha value is -0.840. The number of aromatic amines is 1. The van der Waals surface area contributed by atoms with Gasteiger partial charge in [0.2, 0.25) is 0 Å². The van der Waals surface area contributed by atoms with E-state index in [1.165, 1.54) is 31.6 Å². The van der Waals surface area contributed by atoms with E-state index in [0.717, 1.165) is 19.6 Å². The van der Waals surface area contributed by atoms with Crippen LogP contribution in [-0.2, 0) is 6.54 Å². The summed E-state index contributed by atoms with van der Waals surface area (Å²) in [6.07, 6.45) is 4.52. The molecule has 0 spiro atoms. The van der Waals surface area contributed by atoms with E-state index in [4.69, 9.17) is 5.73 Å². The summed E-state index contributed by atoms with van der Waals surface area (Å²) in [6.45, 7) is 5.23. The van der Waals surface area contributed by atoms with Crippen molar-refractivity contribution in [1.29, 1.82) is 0 Å². The Morgan fingerprint density at radius 1 is 1.47 bits per heavy atom. The molecule has 0 aliphatic carbocycles. The number of nitrogens with zero attached hydrogens (tertiary/aromatic N) is 2. The van der Waals surface area contributed by atoms with Gasteiger partial charge in [-0.25, -0.2) is 0 Å². The third-order valence-corrected chi connectivity index (χ3v) is 3.71. The van der Waals surface area contributed by atoms with Crippen molar-refractivity contribution in [3.05, 3.63) is 24.0 Å². The molecule has 0 radical (unpaired) electrons. The molecule has 0 bridgehead atoms. The Kier molecular flexibility index (Phi) is 4.59. The summed E-state index contributed by atoms with van der Waals surface area (Å²) in [7, 11) is 2.23. The van der Waals surface area contributed by atoms with Crippen LogP contribution < -0.4 is 5.73 Å². The maximum Gasteiger partial charge on any atom is 0.0384 e. The molecular formula is C13H24N4. The van der Waals surface area contributed by atoms with Gasteiger partial charge in [-0.15, -0.1) is 0 Å². The smallest absolute Gasteiger partial charge is 0.0384 e. The average Bonchev–Trinajstić information content (AvgIpc) is 2.83. The van der Waals surface area contributed by atoms with E-state index in [9.17, 15) is 0 Å². The van der Waals surface area contributed by atoms with Gasteiger partial charge in [0.25, 0.3) is 0 Å². The molecule has 1 saturated heterocycles. The molecule has 3 N–H and O–H groups in total. The molecule has 0 aromatic carbocycles. The van der Waals surface area contributed by atoms with Crippen LogP contribution in [0.3, 0.4) is 0 Å². The first-order valence-corrected chi connectivity index (χ1v) is 6.54. The van der Waals surface area contributed by atoms with E-state index in [1.54, 1.807) is 0 Å². The summed E-state index contributed by atoms with van der Waals surface area (Å²) in [5.74, 6) is 0. The Bertz CT molecular complexity index is 301. The number of aromatic nitrogens is 1. The highest BCUT2D eigenvalue weighted by molar-refractivity contribution is 5.03. The predicted molar refractivity (Wildman–Crippen MR) is 70.8 cm³/mol. The van der Waals surface area contributed by atoms with Crippen molar-refractivity contribution in [1.82, 2.24) is 14.8 Å². The first kappa shape index (κ1) is 12.6. The third-order valence-electron chi connectivity index (χ3n) is 3.71. The quantitative estimate of drug-likeness (QED) is 0.797. The van der Waals surface area contributed by atoms with Crippen molar-refractivity contribution in [3.8, 4) is 0 Å². The molecule has 0 saturated carbocycles. The van der Waals surface area contributed by atoms with Gasteiger partial charge in [-0.1, -0.05) is 0 Å². The van der Waals surface area contributed by atoms with Crippen molar-refractivity contribution in [2.45, 2.75) is 25.4 Å². The normalized spacial score (nSPS) is 19.0. The first-order valence-electron chi connectivity index (χ1n) is 6.54. The lowest BCUT2D eigenvalue weighted by Crippen LogP contribution is -2.44. The van der Waals surface area contributed by atoms with Crippen LogP contribution >= 0.6 is 0 Å². The van der Waals surface area contributed by atoms with Gasteiger partial charge in [-0.3, -0.25) is 4.90 Å². The second kappa shape index (κ2) is 6.19. The topological polar surface area (TPSA) is 48.3 Å². The number of H-pyrrole nitrogens is 1. The second-order valence-electron chi connectivity index (χ2n) is 4.97. The highest BCUT2D eigenvalue weighted by Gasteiger charge is 2.21. The van der Waals surface area contributed by atoms with Crippen molar-refractivity contribution < 1.29 is 0 Å².